The van der Waals surface area contributed by atoms with E-state index >= 15 is 0 Å². The van der Waals surface area contributed by atoms with Gasteiger partial charge in [0.25, 0.3) is 5.91 Å². The standard InChI is InChI=1S/C21H30N4O3/c1-2-12-24(13-5-3-4-11-22)17-8-6-7-15-16(17)14-25(21(15)28)18-9-10-19(26)23-20(18)27/h6-8,18H,2-5,9-14,22H2,1H3,(H,23,26,27). The number of carbonyl (C=O) groups excluding carboxylic acids is 3. The molecule has 0 aliphatic carbocycles. The van der Waals surface area contributed by atoms with E-state index in [1.165, 1.54) is 0 Å². The lowest BCUT2D eigenvalue weighted by atomic mass is 10.0. The molecule has 2 aliphatic rings. The van der Waals surface area contributed by atoms with Crippen molar-refractivity contribution in [1.29, 1.82) is 0 Å². The summed E-state index contributed by atoms with van der Waals surface area (Å²) in [7, 11) is 0. The van der Waals surface area contributed by atoms with Gasteiger partial charge in [0.05, 0.1) is 0 Å². The zero-order chi connectivity index (χ0) is 20.1. The number of hydrogen-bond donors (Lipinski definition) is 2. The first-order chi connectivity index (χ1) is 13.6. The molecule has 3 N–H and O–H groups in total. The summed E-state index contributed by atoms with van der Waals surface area (Å²) in [6.07, 6.45) is 4.85. The molecule has 1 aromatic carbocycles. The minimum Gasteiger partial charge on any atom is -0.371 e. The largest absolute Gasteiger partial charge is 0.371 e. The highest BCUT2D eigenvalue weighted by Crippen LogP contribution is 2.34. The van der Waals surface area contributed by atoms with Crippen molar-refractivity contribution in [2.45, 2.75) is 58.0 Å². The highest BCUT2D eigenvalue weighted by atomic mass is 16.2. The Morgan fingerprint density at radius 2 is 2.00 bits per heavy atom. The van der Waals surface area contributed by atoms with Crippen molar-refractivity contribution in [3.63, 3.8) is 0 Å². The number of hydrogen-bond acceptors (Lipinski definition) is 5. The van der Waals surface area contributed by atoms with Crippen LogP contribution in [0, 0.1) is 0 Å². The lowest BCUT2D eigenvalue weighted by molar-refractivity contribution is -0.136. The number of benzene rings is 1. The molecule has 28 heavy (non-hydrogen) atoms. The third-order valence-electron chi connectivity index (χ3n) is 5.52. The van der Waals surface area contributed by atoms with E-state index in [4.69, 9.17) is 5.73 Å². The molecule has 0 radical (unpaired) electrons. The van der Waals surface area contributed by atoms with Gasteiger partial charge in [-0.1, -0.05) is 19.4 Å². The van der Waals surface area contributed by atoms with Crippen LogP contribution in [-0.4, -0.2) is 48.3 Å². The Bertz CT molecular complexity index is 749. The summed E-state index contributed by atoms with van der Waals surface area (Å²) in [6.45, 7) is 5.13. The number of nitrogens with zero attached hydrogens (tertiary/aromatic N) is 2. The quantitative estimate of drug-likeness (QED) is 0.498. The maximum Gasteiger partial charge on any atom is 0.255 e. The molecular weight excluding hydrogens is 356 g/mol. The number of rotatable bonds is 9. The average Bonchev–Trinajstić information content (AvgIpc) is 3.01. The lowest BCUT2D eigenvalue weighted by Gasteiger charge is -2.30. The van der Waals surface area contributed by atoms with Crippen molar-refractivity contribution >= 4 is 23.4 Å². The Morgan fingerprint density at radius 3 is 2.71 bits per heavy atom. The summed E-state index contributed by atoms with van der Waals surface area (Å²) in [6, 6.07) is 5.25. The molecule has 0 spiro atoms. The van der Waals surface area contributed by atoms with Crippen molar-refractivity contribution in [1.82, 2.24) is 10.2 Å². The Kier molecular flexibility index (Phi) is 6.67. The number of imide groups is 1. The van der Waals surface area contributed by atoms with Gasteiger partial charge in [0.2, 0.25) is 11.8 Å². The Balaban J connectivity index is 1.80. The summed E-state index contributed by atoms with van der Waals surface area (Å²) in [5.41, 5.74) is 8.34. The molecule has 7 heteroatoms. The second-order valence-electron chi connectivity index (χ2n) is 7.54. The number of fused-ring (bicyclic) bond motifs is 1. The van der Waals surface area contributed by atoms with Gasteiger partial charge in [0, 0.05) is 42.9 Å². The fourth-order valence-corrected chi connectivity index (χ4v) is 4.11. The lowest BCUT2D eigenvalue weighted by Crippen LogP contribution is -2.52. The maximum atomic E-state index is 13.0. The normalized spacial score (nSPS) is 19.0. The highest BCUT2D eigenvalue weighted by Gasteiger charge is 2.40. The van der Waals surface area contributed by atoms with Gasteiger partial charge >= 0.3 is 0 Å². The van der Waals surface area contributed by atoms with E-state index in [1.807, 2.05) is 12.1 Å². The highest BCUT2D eigenvalue weighted by molar-refractivity contribution is 6.06. The molecule has 0 bridgehead atoms. The predicted octanol–water partition coefficient (Wildman–Crippen LogP) is 1.79. The topological polar surface area (TPSA) is 95.7 Å². The molecule has 152 valence electrons. The van der Waals surface area contributed by atoms with Crippen LogP contribution in [0.15, 0.2) is 18.2 Å². The van der Waals surface area contributed by atoms with Crippen molar-refractivity contribution in [3.8, 4) is 0 Å². The zero-order valence-electron chi connectivity index (χ0n) is 16.6. The van der Waals surface area contributed by atoms with E-state index in [1.54, 1.807) is 4.90 Å². The predicted molar refractivity (Wildman–Crippen MR) is 108 cm³/mol. The molecular formula is C21H30N4O3. The molecule has 3 amide bonds. The van der Waals surface area contributed by atoms with Crippen molar-refractivity contribution < 1.29 is 14.4 Å². The van der Waals surface area contributed by atoms with Gasteiger partial charge in [-0.3, -0.25) is 19.7 Å². The summed E-state index contributed by atoms with van der Waals surface area (Å²) in [5.74, 6) is -0.755. The van der Waals surface area contributed by atoms with E-state index in [-0.39, 0.29) is 24.1 Å². The third-order valence-corrected chi connectivity index (χ3v) is 5.52. The van der Waals surface area contributed by atoms with Crippen LogP contribution in [0.25, 0.3) is 0 Å². The smallest absolute Gasteiger partial charge is 0.255 e. The second kappa shape index (κ2) is 9.19. The van der Waals surface area contributed by atoms with Gasteiger partial charge in [-0.15, -0.1) is 0 Å². The second-order valence-corrected chi connectivity index (χ2v) is 7.54. The van der Waals surface area contributed by atoms with Gasteiger partial charge in [-0.05, 0) is 44.4 Å². The van der Waals surface area contributed by atoms with Gasteiger partial charge in [-0.25, -0.2) is 0 Å². The fourth-order valence-electron chi connectivity index (χ4n) is 4.11. The molecule has 3 rings (SSSR count). The van der Waals surface area contributed by atoms with E-state index in [0.29, 0.717) is 25.1 Å². The number of nitrogens with one attached hydrogen (secondary N) is 1. The summed E-state index contributed by atoms with van der Waals surface area (Å²) in [5, 5.41) is 2.36. The van der Waals surface area contributed by atoms with Crippen LogP contribution in [0.5, 0.6) is 0 Å². The first-order valence-corrected chi connectivity index (χ1v) is 10.3. The van der Waals surface area contributed by atoms with E-state index in [9.17, 15) is 14.4 Å². The first-order valence-electron chi connectivity index (χ1n) is 10.3. The Morgan fingerprint density at radius 1 is 1.18 bits per heavy atom. The van der Waals surface area contributed by atoms with Gasteiger partial charge in [0.15, 0.2) is 0 Å². The van der Waals surface area contributed by atoms with Crippen LogP contribution in [0.3, 0.4) is 0 Å². The molecule has 1 saturated heterocycles. The number of amides is 3. The number of anilines is 1. The van der Waals surface area contributed by atoms with Crippen LogP contribution in [0.1, 0.15) is 61.4 Å². The maximum absolute atomic E-state index is 13.0. The Hall–Kier alpha value is -2.41. The molecule has 2 heterocycles. The summed E-state index contributed by atoms with van der Waals surface area (Å²) >= 11 is 0. The van der Waals surface area contributed by atoms with Crippen LogP contribution < -0.4 is 16.0 Å². The summed E-state index contributed by atoms with van der Waals surface area (Å²) in [4.78, 5) is 40.7. The zero-order valence-corrected chi connectivity index (χ0v) is 16.6. The number of carbonyl (C=O) groups is 3. The molecule has 1 atom stereocenters. The monoisotopic (exact) mass is 386 g/mol. The van der Waals surface area contributed by atoms with E-state index in [0.717, 1.165) is 50.0 Å². The third kappa shape index (κ3) is 4.19. The first kappa shape index (κ1) is 20.3. The Labute approximate surface area is 166 Å². The van der Waals surface area contributed by atoms with Crippen molar-refractivity contribution in [3.05, 3.63) is 29.3 Å². The molecule has 1 fully saturated rings. The SMILES string of the molecule is CCCN(CCCCCN)c1cccc2c1CN(C1CCC(=O)NC1=O)C2=O. The van der Waals surface area contributed by atoms with Crippen LogP contribution in [0.4, 0.5) is 5.69 Å². The van der Waals surface area contributed by atoms with E-state index in [2.05, 4.69) is 23.2 Å². The molecule has 0 aromatic heterocycles. The number of piperidine rings is 1. The van der Waals surface area contributed by atoms with Gasteiger partial charge in [-0.2, -0.15) is 0 Å². The minimum absolute atomic E-state index is 0.120. The molecule has 1 aromatic rings. The van der Waals surface area contributed by atoms with Gasteiger partial charge in [0.1, 0.15) is 6.04 Å². The van der Waals surface area contributed by atoms with Crippen LogP contribution in [-0.2, 0) is 16.1 Å². The van der Waals surface area contributed by atoms with Crippen LogP contribution in [0.2, 0.25) is 0 Å². The van der Waals surface area contributed by atoms with Crippen LogP contribution >= 0.6 is 0 Å². The average molecular weight is 386 g/mol. The minimum atomic E-state index is -0.574. The number of nitrogens with two attached hydrogens (primary N) is 1. The van der Waals surface area contributed by atoms with Crippen molar-refractivity contribution in [2.75, 3.05) is 24.5 Å². The van der Waals surface area contributed by atoms with E-state index < -0.39 is 6.04 Å². The molecule has 2 aliphatic heterocycles. The molecule has 7 nitrogen and oxygen atoms in total. The molecule has 1 unspecified atom stereocenters. The summed E-state index contributed by atoms with van der Waals surface area (Å²) < 4.78 is 0. The van der Waals surface area contributed by atoms with Crippen molar-refractivity contribution in [2.24, 2.45) is 5.73 Å². The molecule has 0 saturated carbocycles. The fraction of sp³-hybridized carbons (Fsp3) is 0.571. The van der Waals surface area contributed by atoms with Gasteiger partial charge < -0.3 is 15.5 Å². The number of unbranched alkanes of at least 4 members (excludes halogenated alkanes) is 2.